The summed E-state index contributed by atoms with van der Waals surface area (Å²) in [5.74, 6) is 0.125. The average molecular weight is 278 g/mol. The summed E-state index contributed by atoms with van der Waals surface area (Å²) in [7, 11) is 0. The minimum Gasteiger partial charge on any atom is -0.381 e. The Morgan fingerprint density at radius 1 is 1.06 bits per heavy atom. The maximum atomic E-state index is 13.4. The van der Waals surface area contributed by atoms with Gasteiger partial charge in [0.2, 0.25) is 0 Å². The molecule has 0 aromatic rings. The Labute approximate surface area is 113 Å². The van der Waals surface area contributed by atoms with Crippen molar-refractivity contribution in [2.24, 2.45) is 11.8 Å². The SMILES string of the molecule is FC1(F)CCCC1CCSCCC1CCOCC1. The number of rotatable bonds is 6. The van der Waals surface area contributed by atoms with E-state index in [0.29, 0.717) is 12.8 Å². The lowest BCUT2D eigenvalue weighted by Crippen LogP contribution is -2.22. The number of alkyl halides is 2. The third-order valence-corrected chi connectivity index (χ3v) is 5.33. The van der Waals surface area contributed by atoms with Gasteiger partial charge in [-0.25, -0.2) is 8.78 Å². The average Bonchev–Trinajstić information content (AvgIpc) is 2.70. The van der Waals surface area contributed by atoms with Crippen LogP contribution < -0.4 is 0 Å². The summed E-state index contributed by atoms with van der Waals surface area (Å²) in [6.07, 6.45) is 5.85. The predicted molar refractivity (Wildman–Crippen MR) is 72.4 cm³/mol. The first-order chi connectivity index (χ1) is 8.68. The molecule has 2 rings (SSSR count). The van der Waals surface area contributed by atoms with Crippen LogP contribution in [-0.4, -0.2) is 30.6 Å². The van der Waals surface area contributed by atoms with Crippen molar-refractivity contribution in [3.63, 3.8) is 0 Å². The third kappa shape index (κ3) is 4.37. The Balaban J connectivity index is 1.51. The molecule has 1 nitrogen and oxygen atoms in total. The van der Waals surface area contributed by atoms with Crippen molar-refractivity contribution in [2.45, 2.75) is 50.9 Å². The first-order valence-corrected chi connectivity index (χ1v) is 8.37. The van der Waals surface area contributed by atoms with Crippen LogP contribution in [0.5, 0.6) is 0 Å². The molecule has 0 aromatic heterocycles. The summed E-state index contributed by atoms with van der Waals surface area (Å²) in [6, 6.07) is 0. The van der Waals surface area contributed by atoms with Crippen molar-refractivity contribution < 1.29 is 13.5 Å². The Kier molecular flexibility index (Phi) is 5.74. The molecular weight excluding hydrogens is 254 g/mol. The third-order valence-electron chi connectivity index (χ3n) is 4.28. The standard InChI is InChI=1S/C14H24F2OS/c15-14(16)7-1-2-13(14)6-11-18-10-5-12-3-8-17-9-4-12/h12-13H,1-11H2. The van der Waals surface area contributed by atoms with Gasteiger partial charge in [-0.05, 0) is 55.9 Å². The lowest BCUT2D eigenvalue weighted by atomic mass is 9.98. The first kappa shape index (κ1) is 14.6. The topological polar surface area (TPSA) is 9.23 Å². The minimum atomic E-state index is -2.37. The number of thioether (sulfide) groups is 1. The molecule has 1 saturated heterocycles. The quantitative estimate of drug-likeness (QED) is 0.668. The zero-order chi connectivity index (χ0) is 12.8. The maximum Gasteiger partial charge on any atom is 0.250 e. The highest BCUT2D eigenvalue weighted by Gasteiger charge is 2.42. The lowest BCUT2D eigenvalue weighted by Gasteiger charge is -2.22. The molecule has 18 heavy (non-hydrogen) atoms. The summed E-state index contributed by atoms with van der Waals surface area (Å²) >= 11 is 1.86. The number of ether oxygens (including phenoxy) is 1. The van der Waals surface area contributed by atoms with Gasteiger partial charge in [0.1, 0.15) is 0 Å². The Bertz CT molecular complexity index is 242. The fourth-order valence-corrected chi connectivity index (χ4v) is 4.12. The Hall–Kier alpha value is 0.170. The molecule has 0 radical (unpaired) electrons. The fraction of sp³-hybridized carbons (Fsp3) is 1.00. The molecule has 1 heterocycles. The number of hydrogen-bond donors (Lipinski definition) is 0. The maximum absolute atomic E-state index is 13.4. The van der Waals surface area contributed by atoms with E-state index in [1.807, 2.05) is 11.8 Å². The zero-order valence-electron chi connectivity index (χ0n) is 11.0. The molecule has 0 amide bonds. The molecule has 0 bridgehead atoms. The Morgan fingerprint density at radius 3 is 2.44 bits per heavy atom. The van der Waals surface area contributed by atoms with Crippen molar-refractivity contribution in [1.82, 2.24) is 0 Å². The van der Waals surface area contributed by atoms with Gasteiger partial charge in [0.15, 0.2) is 0 Å². The highest BCUT2D eigenvalue weighted by atomic mass is 32.2. The zero-order valence-corrected chi connectivity index (χ0v) is 11.8. The molecule has 1 unspecified atom stereocenters. The van der Waals surface area contributed by atoms with E-state index in [1.165, 1.54) is 19.3 Å². The summed E-state index contributed by atoms with van der Waals surface area (Å²) in [5, 5.41) is 0. The van der Waals surface area contributed by atoms with Crippen molar-refractivity contribution in [3.8, 4) is 0 Å². The molecule has 2 fully saturated rings. The molecule has 1 atom stereocenters. The van der Waals surface area contributed by atoms with Gasteiger partial charge in [-0.3, -0.25) is 0 Å². The minimum absolute atomic E-state index is 0.115. The van der Waals surface area contributed by atoms with Crippen LogP contribution in [-0.2, 0) is 4.74 Å². The van der Waals surface area contributed by atoms with Crippen molar-refractivity contribution >= 4 is 11.8 Å². The van der Waals surface area contributed by atoms with Crippen molar-refractivity contribution in [1.29, 1.82) is 0 Å². The molecule has 2 aliphatic rings. The van der Waals surface area contributed by atoms with Gasteiger partial charge in [-0.2, -0.15) is 11.8 Å². The number of halogens is 2. The van der Waals surface area contributed by atoms with Crippen LogP contribution >= 0.6 is 11.8 Å². The van der Waals surface area contributed by atoms with Gasteiger partial charge in [0, 0.05) is 25.6 Å². The van der Waals surface area contributed by atoms with E-state index in [-0.39, 0.29) is 12.3 Å². The van der Waals surface area contributed by atoms with Gasteiger partial charge in [-0.1, -0.05) is 0 Å². The van der Waals surface area contributed by atoms with Gasteiger partial charge >= 0.3 is 0 Å². The molecule has 1 aliphatic carbocycles. The molecule has 1 aliphatic heterocycles. The number of hydrogen-bond acceptors (Lipinski definition) is 2. The van der Waals surface area contributed by atoms with Crippen LogP contribution in [0.1, 0.15) is 44.9 Å². The van der Waals surface area contributed by atoms with E-state index in [4.69, 9.17) is 4.74 Å². The smallest absolute Gasteiger partial charge is 0.250 e. The molecule has 0 spiro atoms. The van der Waals surface area contributed by atoms with E-state index in [0.717, 1.165) is 37.1 Å². The normalized spacial score (nSPS) is 28.7. The highest BCUT2D eigenvalue weighted by Crippen LogP contribution is 2.42. The predicted octanol–water partition coefficient (Wildman–Crippen LogP) is 4.36. The molecule has 106 valence electrons. The highest BCUT2D eigenvalue weighted by molar-refractivity contribution is 7.99. The van der Waals surface area contributed by atoms with Crippen molar-refractivity contribution in [2.75, 3.05) is 24.7 Å². The molecule has 4 heteroatoms. The van der Waals surface area contributed by atoms with E-state index in [1.54, 1.807) is 0 Å². The molecule has 0 aromatic carbocycles. The lowest BCUT2D eigenvalue weighted by molar-refractivity contribution is -0.0373. The van der Waals surface area contributed by atoms with E-state index >= 15 is 0 Å². The largest absolute Gasteiger partial charge is 0.381 e. The van der Waals surface area contributed by atoms with Crippen LogP contribution in [0.15, 0.2) is 0 Å². The van der Waals surface area contributed by atoms with E-state index in [2.05, 4.69) is 0 Å². The van der Waals surface area contributed by atoms with Crippen molar-refractivity contribution in [3.05, 3.63) is 0 Å². The molecule has 1 saturated carbocycles. The second-order valence-corrected chi connectivity index (χ2v) is 6.82. The monoisotopic (exact) mass is 278 g/mol. The van der Waals surface area contributed by atoms with Crippen LogP contribution in [0, 0.1) is 11.8 Å². The summed E-state index contributed by atoms with van der Waals surface area (Å²) in [5.41, 5.74) is 0. The summed E-state index contributed by atoms with van der Waals surface area (Å²) < 4.78 is 32.1. The van der Waals surface area contributed by atoms with Gasteiger partial charge in [0.25, 0.3) is 5.92 Å². The first-order valence-electron chi connectivity index (χ1n) is 7.22. The van der Waals surface area contributed by atoms with Crippen LogP contribution in [0.2, 0.25) is 0 Å². The van der Waals surface area contributed by atoms with Crippen LogP contribution in [0.25, 0.3) is 0 Å². The van der Waals surface area contributed by atoms with E-state index < -0.39 is 5.92 Å². The molecule has 0 N–H and O–H groups in total. The molecular formula is C14H24F2OS. The second kappa shape index (κ2) is 7.09. The van der Waals surface area contributed by atoms with Gasteiger partial charge in [0.05, 0.1) is 0 Å². The fourth-order valence-electron chi connectivity index (χ4n) is 2.97. The van der Waals surface area contributed by atoms with Gasteiger partial charge < -0.3 is 4.74 Å². The second-order valence-electron chi connectivity index (χ2n) is 5.60. The Morgan fingerprint density at radius 2 is 1.78 bits per heavy atom. The van der Waals surface area contributed by atoms with Crippen LogP contribution in [0.4, 0.5) is 8.78 Å². The van der Waals surface area contributed by atoms with Crippen LogP contribution in [0.3, 0.4) is 0 Å². The summed E-state index contributed by atoms with van der Waals surface area (Å²) in [6.45, 7) is 1.81. The van der Waals surface area contributed by atoms with E-state index in [9.17, 15) is 8.78 Å². The summed E-state index contributed by atoms with van der Waals surface area (Å²) in [4.78, 5) is 0. The van der Waals surface area contributed by atoms with Gasteiger partial charge in [-0.15, -0.1) is 0 Å².